The van der Waals surface area contributed by atoms with Crippen LogP contribution in [0.4, 0.5) is 0 Å². The van der Waals surface area contributed by atoms with E-state index in [4.69, 9.17) is 9.84 Å². The summed E-state index contributed by atoms with van der Waals surface area (Å²) in [5, 5.41) is 9.16. The Bertz CT molecular complexity index is 756. The highest BCUT2D eigenvalue weighted by Crippen LogP contribution is 2.23. The van der Waals surface area contributed by atoms with Crippen LogP contribution in [0.5, 0.6) is 5.75 Å². The molecule has 0 radical (unpaired) electrons. The minimum atomic E-state index is -3.47. The number of carbonyl (C=O) groups is 1. The summed E-state index contributed by atoms with van der Waals surface area (Å²) in [5.41, 5.74) is 0.440. The Balaban J connectivity index is 2.29. The second kappa shape index (κ2) is 5.92. The third kappa shape index (κ3) is 3.79. The molecule has 0 amide bonds. The normalized spacial score (nSPS) is 11.1. The summed E-state index contributed by atoms with van der Waals surface area (Å²) in [6.07, 6.45) is 2.62. The summed E-state index contributed by atoms with van der Waals surface area (Å²) in [7, 11) is -3.47. The SMILES string of the molecule is CS(=O)(=O)c1ccc(OCc2ccccn2)c(C(=O)O)c1. The molecule has 110 valence electrons. The molecule has 0 saturated carbocycles. The summed E-state index contributed by atoms with van der Waals surface area (Å²) in [5.74, 6) is -1.16. The predicted octanol–water partition coefficient (Wildman–Crippen LogP) is 1.76. The van der Waals surface area contributed by atoms with Crippen molar-refractivity contribution in [3.63, 3.8) is 0 Å². The third-order valence-electron chi connectivity index (χ3n) is 2.71. The van der Waals surface area contributed by atoms with Crippen LogP contribution in [0.3, 0.4) is 0 Å². The van der Waals surface area contributed by atoms with Gasteiger partial charge in [0, 0.05) is 12.5 Å². The van der Waals surface area contributed by atoms with Crippen molar-refractivity contribution < 1.29 is 23.1 Å². The van der Waals surface area contributed by atoms with Gasteiger partial charge in [-0.15, -0.1) is 0 Å². The van der Waals surface area contributed by atoms with E-state index < -0.39 is 15.8 Å². The zero-order valence-corrected chi connectivity index (χ0v) is 12.0. The Hall–Kier alpha value is -2.41. The van der Waals surface area contributed by atoms with Crippen LogP contribution in [0, 0.1) is 0 Å². The van der Waals surface area contributed by atoms with E-state index in [2.05, 4.69) is 4.98 Å². The smallest absolute Gasteiger partial charge is 0.339 e. The van der Waals surface area contributed by atoms with E-state index in [1.165, 1.54) is 12.1 Å². The number of hydrogen-bond acceptors (Lipinski definition) is 5. The second-order valence-electron chi connectivity index (χ2n) is 4.35. The first-order valence-corrected chi connectivity index (χ1v) is 7.87. The molecule has 0 aliphatic rings. The van der Waals surface area contributed by atoms with Gasteiger partial charge in [-0.25, -0.2) is 13.2 Å². The maximum atomic E-state index is 11.5. The van der Waals surface area contributed by atoms with Crippen molar-refractivity contribution in [1.29, 1.82) is 0 Å². The fraction of sp³-hybridized carbons (Fsp3) is 0.143. The molecule has 0 bridgehead atoms. The van der Waals surface area contributed by atoms with Gasteiger partial charge in [0.2, 0.25) is 0 Å². The van der Waals surface area contributed by atoms with Crippen molar-refractivity contribution in [2.75, 3.05) is 6.26 Å². The van der Waals surface area contributed by atoms with Crippen LogP contribution in [0.2, 0.25) is 0 Å². The molecule has 21 heavy (non-hydrogen) atoms. The number of hydrogen-bond donors (Lipinski definition) is 1. The zero-order chi connectivity index (χ0) is 15.5. The fourth-order valence-electron chi connectivity index (χ4n) is 1.67. The molecular formula is C14H13NO5S. The molecule has 2 aromatic rings. The summed E-state index contributed by atoms with van der Waals surface area (Å²) < 4.78 is 28.3. The number of pyridine rings is 1. The molecule has 0 aliphatic heterocycles. The molecule has 1 aromatic carbocycles. The minimum absolute atomic E-state index is 0.0647. The Morgan fingerprint density at radius 3 is 2.62 bits per heavy atom. The molecular weight excluding hydrogens is 294 g/mol. The first kappa shape index (κ1) is 15.0. The second-order valence-corrected chi connectivity index (χ2v) is 6.36. The van der Waals surface area contributed by atoms with E-state index in [1.807, 2.05) is 0 Å². The molecule has 0 atom stereocenters. The Labute approximate surface area is 121 Å². The lowest BCUT2D eigenvalue weighted by atomic mass is 10.2. The van der Waals surface area contributed by atoms with Gasteiger partial charge in [-0.2, -0.15) is 0 Å². The van der Waals surface area contributed by atoms with Crippen molar-refractivity contribution in [2.45, 2.75) is 11.5 Å². The lowest BCUT2D eigenvalue weighted by Crippen LogP contribution is -2.06. The Kier molecular flexibility index (Phi) is 4.23. The first-order chi connectivity index (χ1) is 9.88. The van der Waals surface area contributed by atoms with Crippen LogP contribution in [0.25, 0.3) is 0 Å². The number of rotatable bonds is 5. The Morgan fingerprint density at radius 2 is 2.05 bits per heavy atom. The molecule has 0 spiro atoms. The molecule has 0 saturated heterocycles. The van der Waals surface area contributed by atoms with Crippen LogP contribution in [-0.4, -0.2) is 30.7 Å². The van der Waals surface area contributed by atoms with E-state index in [0.29, 0.717) is 5.69 Å². The number of sulfone groups is 1. The third-order valence-corrected chi connectivity index (χ3v) is 3.82. The first-order valence-electron chi connectivity index (χ1n) is 5.98. The highest BCUT2D eigenvalue weighted by Gasteiger charge is 2.16. The van der Waals surface area contributed by atoms with Crippen molar-refractivity contribution in [3.8, 4) is 5.75 Å². The van der Waals surface area contributed by atoms with Gasteiger partial charge >= 0.3 is 5.97 Å². The van der Waals surface area contributed by atoms with Gasteiger partial charge < -0.3 is 9.84 Å². The number of benzene rings is 1. The van der Waals surface area contributed by atoms with Crippen molar-refractivity contribution in [3.05, 3.63) is 53.9 Å². The van der Waals surface area contributed by atoms with E-state index >= 15 is 0 Å². The summed E-state index contributed by atoms with van der Waals surface area (Å²) >= 11 is 0. The Morgan fingerprint density at radius 1 is 1.29 bits per heavy atom. The molecule has 1 aromatic heterocycles. The maximum absolute atomic E-state index is 11.5. The van der Waals surface area contributed by atoms with Crippen molar-refractivity contribution in [1.82, 2.24) is 4.98 Å². The fourth-order valence-corrected chi connectivity index (χ4v) is 2.32. The van der Waals surface area contributed by atoms with Crippen molar-refractivity contribution in [2.24, 2.45) is 0 Å². The van der Waals surface area contributed by atoms with E-state index in [9.17, 15) is 13.2 Å². The minimum Gasteiger partial charge on any atom is -0.486 e. The van der Waals surface area contributed by atoms with Gasteiger partial charge in [0.15, 0.2) is 9.84 Å². The standard InChI is InChI=1S/C14H13NO5S/c1-21(18,19)11-5-6-13(12(8-11)14(16)17)20-9-10-4-2-3-7-15-10/h2-8H,9H2,1H3,(H,16,17). The largest absolute Gasteiger partial charge is 0.486 e. The predicted molar refractivity (Wildman–Crippen MR) is 75.1 cm³/mol. The van der Waals surface area contributed by atoms with E-state index in [1.54, 1.807) is 24.4 Å². The maximum Gasteiger partial charge on any atom is 0.339 e. The summed E-state index contributed by atoms with van der Waals surface area (Å²) in [6.45, 7) is 0.0966. The molecule has 0 aliphatic carbocycles. The highest BCUT2D eigenvalue weighted by atomic mass is 32.2. The highest BCUT2D eigenvalue weighted by molar-refractivity contribution is 7.90. The summed E-state index contributed by atoms with van der Waals surface area (Å²) in [4.78, 5) is 15.2. The molecule has 1 heterocycles. The number of carboxylic acid groups (broad SMARTS) is 1. The number of aromatic nitrogens is 1. The number of ether oxygens (including phenoxy) is 1. The van der Waals surface area contributed by atoms with Crippen molar-refractivity contribution >= 4 is 15.8 Å². The molecule has 0 unspecified atom stereocenters. The van der Waals surface area contributed by atoms with Gasteiger partial charge in [-0.1, -0.05) is 6.07 Å². The molecule has 6 nitrogen and oxygen atoms in total. The monoisotopic (exact) mass is 307 g/mol. The summed E-state index contributed by atoms with van der Waals surface area (Å²) in [6, 6.07) is 9.03. The van der Waals surface area contributed by atoms with Gasteiger partial charge in [0.05, 0.1) is 10.6 Å². The van der Waals surface area contributed by atoms with Gasteiger partial charge in [0.25, 0.3) is 0 Å². The van der Waals surface area contributed by atoms with Crippen LogP contribution >= 0.6 is 0 Å². The zero-order valence-electron chi connectivity index (χ0n) is 11.2. The van der Waals surface area contributed by atoms with E-state index in [0.717, 1.165) is 12.3 Å². The van der Waals surface area contributed by atoms with Crippen LogP contribution in [0.1, 0.15) is 16.1 Å². The van der Waals surface area contributed by atoms with Gasteiger partial charge in [-0.3, -0.25) is 4.98 Å². The lowest BCUT2D eigenvalue weighted by Gasteiger charge is -2.10. The van der Waals surface area contributed by atoms with Crippen LogP contribution < -0.4 is 4.74 Å². The molecule has 1 N–H and O–H groups in total. The number of aromatic carboxylic acids is 1. The van der Waals surface area contributed by atoms with Crippen LogP contribution in [0.15, 0.2) is 47.5 Å². The number of carboxylic acids is 1. The van der Waals surface area contributed by atoms with E-state index in [-0.39, 0.29) is 22.8 Å². The number of nitrogens with zero attached hydrogens (tertiary/aromatic N) is 1. The quantitative estimate of drug-likeness (QED) is 0.904. The average molecular weight is 307 g/mol. The molecule has 7 heteroatoms. The lowest BCUT2D eigenvalue weighted by molar-refractivity contribution is 0.0691. The van der Waals surface area contributed by atoms with Crippen LogP contribution in [-0.2, 0) is 16.4 Å². The topological polar surface area (TPSA) is 93.6 Å². The van der Waals surface area contributed by atoms with Gasteiger partial charge in [0.1, 0.15) is 17.9 Å². The average Bonchev–Trinajstić information content (AvgIpc) is 2.45. The van der Waals surface area contributed by atoms with Gasteiger partial charge in [-0.05, 0) is 30.3 Å². The molecule has 2 rings (SSSR count). The molecule has 0 fully saturated rings.